The Bertz CT molecular complexity index is 734. The minimum absolute atomic E-state index is 0.143. The zero-order chi connectivity index (χ0) is 14.8. The second kappa shape index (κ2) is 5.83. The van der Waals surface area contributed by atoms with Gasteiger partial charge in [0, 0.05) is 10.9 Å². The van der Waals surface area contributed by atoms with Gasteiger partial charge in [0.1, 0.15) is 11.3 Å². The SMILES string of the molecule is Cc1c(C[C@H](C)N)sc2c(NCc3ccco3)cnnc12. The highest BCUT2D eigenvalue weighted by atomic mass is 32.1. The molecule has 3 rings (SSSR count). The summed E-state index contributed by atoms with van der Waals surface area (Å²) in [6.07, 6.45) is 4.30. The Kier molecular flexibility index (Phi) is 3.90. The normalized spacial score (nSPS) is 12.7. The van der Waals surface area contributed by atoms with Crippen LogP contribution in [0.15, 0.2) is 29.0 Å². The quantitative estimate of drug-likeness (QED) is 0.757. The maximum atomic E-state index is 5.92. The van der Waals surface area contributed by atoms with Crippen LogP contribution in [-0.2, 0) is 13.0 Å². The molecule has 21 heavy (non-hydrogen) atoms. The van der Waals surface area contributed by atoms with E-state index in [1.54, 1.807) is 23.8 Å². The third kappa shape index (κ3) is 2.91. The predicted molar refractivity (Wildman–Crippen MR) is 85.5 cm³/mol. The summed E-state index contributed by atoms with van der Waals surface area (Å²) in [5.41, 5.74) is 9.05. The van der Waals surface area contributed by atoms with Crippen LogP contribution in [0, 0.1) is 6.92 Å². The number of rotatable bonds is 5. The van der Waals surface area contributed by atoms with Gasteiger partial charge in [-0.2, -0.15) is 5.10 Å². The lowest BCUT2D eigenvalue weighted by Crippen LogP contribution is -2.17. The molecule has 3 N–H and O–H groups in total. The van der Waals surface area contributed by atoms with Gasteiger partial charge in [0.15, 0.2) is 0 Å². The number of hydrogen-bond donors (Lipinski definition) is 2. The molecule has 0 saturated carbocycles. The van der Waals surface area contributed by atoms with Gasteiger partial charge in [-0.3, -0.25) is 0 Å². The van der Waals surface area contributed by atoms with Gasteiger partial charge < -0.3 is 15.5 Å². The number of fused-ring (bicyclic) bond motifs is 1. The van der Waals surface area contributed by atoms with Crippen molar-refractivity contribution in [1.29, 1.82) is 0 Å². The van der Waals surface area contributed by atoms with E-state index in [1.165, 1.54) is 10.4 Å². The van der Waals surface area contributed by atoms with Crippen LogP contribution in [0.1, 0.15) is 23.1 Å². The van der Waals surface area contributed by atoms with Crippen LogP contribution in [0.2, 0.25) is 0 Å². The molecule has 0 saturated heterocycles. The standard InChI is InChI=1S/C15H18N4OS/c1-9(16)6-13-10(2)14-15(21-13)12(8-18-19-14)17-7-11-4-3-5-20-11/h3-5,8-9H,6-7,16H2,1-2H3,(H,17,19)/t9-/m0/s1. The Labute approximate surface area is 127 Å². The van der Waals surface area contributed by atoms with Gasteiger partial charge in [-0.15, -0.1) is 16.4 Å². The highest BCUT2D eigenvalue weighted by molar-refractivity contribution is 7.19. The summed E-state index contributed by atoms with van der Waals surface area (Å²) in [4.78, 5) is 1.28. The van der Waals surface area contributed by atoms with E-state index in [0.29, 0.717) is 6.54 Å². The van der Waals surface area contributed by atoms with Crippen LogP contribution in [0.25, 0.3) is 10.2 Å². The Morgan fingerprint density at radius 2 is 2.33 bits per heavy atom. The molecule has 5 nitrogen and oxygen atoms in total. The summed E-state index contributed by atoms with van der Waals surface area (Å²) in [5, 5.41) is 11.7. The highest BCUT2D eigenvalue weighted by Gasteiger charge is 2.14. The Hall–Kier alpha value is -1.92. The van der Waals surface area contributed by atoms with Gasteiger partial charge in [0.2, 0.25) is 0 Å². The van der Waals surface area contributed by atoms with Crippen molar-refractivity contribution in [1.82, 2.24) is 10.2 Å². The van der Waals surface area contributed by atoms with Gasteiger partial charge >= 0.3 is 0 Å². The lowest BCUT2D eigenvalue weighted by Gasteiger charge is -2.04. The van der Waals surface area contributed by atoms with E-state index in [0.717, 1.165) is 28.1 Å². The van der Waals surface area contributed by atoms with E-state index in [9.17, 15) is 0 Å². The lowest BCUT2D eigenvalue weighted by molar-refractivity contribution is 0.518. The third-order valence-corrected chi connectivity index (χ3v) is 4.68. The van der Waals surface area contributed by atoms with E-state index in [4.69, 9.17) is 10.2 Å². The first-order chi connectivity index (χ1) is 10.1. The second-order valence-corrected chi connectivity index (χ2v) is 6.31. The molecule has 1 atom stereocenters. The molecule has 110 valence electrons. The molecule has 0 fully saturated rings. The molecule has 0 amide bonds. The highest BCUT2D eigenvalue weighted by Crippen LogP contribution is 2.34. The summed E-state index contributed by atoms with van der Waals surface area (Å²) in [6, 6.07) is 3.97. The molecular weight excluding hydrogens is 284 g/mol. The zero-order valence-electron chi connectivity index (χ0n) is 12.1. The van der Waals surface area contributed by atoms with Crippen LogP contribution >= 0.6 is 11.3 Å². The number of anilines is 1. The number of furan rings is 1. The number of hydrogen-bond acceptors (Lipinski definition) is 6. The molecule has 3 aromatic heterocycles. The minimum Gasteiger partial charge on any atom is -0.467 e. The first-order valence-corrected chi connectivity index (χ1v) is 7.72. The van der Waals surface area contributed by atoms with Crippen LogP contribution < -0.4 is 11.1 Å². The van der Waals surface area contributed by atoms with E-state index in [1.807, 2.05) is 19.1 Å². The molecule has 3 heterocycles. The molecule has 0 aliphatic carbocycles. The number of thiophene rings is 1. The molecule has 0 aliphatic heterocycles. The third-order valence-electron chi connectivity index (χ3n) is 3.34. The molecule has 3 aromatic rings. The van der Waals surface area contributed by atoms with Crippen molar-refractivity contribution in [3.63, 3.8) is 0 Å². The van der Waals surface area contributed by atoms with Crippen molar-refractivity contribution in [2.45, 2.75) is 32.9 Å². The van der Waals surface area contributed by atoms with Gasteiger partial charge in [-0.05, 0) is 38.0 Å². The van der Waals surface area contributed by atoms with Gasteiger partial charge in [-0.1, -0.05) is 0 Å². The van der Waals surface area contributed by atoms with E-state index < -0.39 is 0 Å². The minimum atomic E-state index is 0.143. The zero-order valence-corrected chi connectivity index (χ0v) is 12.9. The van der Waals surface area contributed by atoms with Gasteiger partial charge in [0.05, 0.1) is 29.4 Å². The summed E-state index contributed by atoms with van der Waals surface area (Å²) < 4.78 is 6.47. The van der Waals surface area contributed by atoms with Crippen molar-refractivity contribution in [3.05, 3.63) is 40.8 Å². The van der Waals surface area contributed by atoms with E-state index in [-0.39, 0.29) is 6.04 Å². The number of aromatic nitrogens is 2. The van der Waals surface area contributed by atoms with Gasteiger partial charge in [-0.25, -0.2) is 0 Å². The molecule has 0 unspecified atom stereocenters. The fourth-order valence-corrected chi connectivity index (χ4v) is 3.63. The largest absolute Gasteiger partial charge is 0.467 e. The van der Waals surface area contributed by atoms with Crippen molar-refractivity contribution < 1.29 is 4.42 Å². The summed E-state index contributed by atoms with van der Waals surface area (Å²) in [7, 11) is 0. The summed E-state index contributed by atoms with van der Waals surface area (Å²) in [6.45, 7) is 4.74. The van der Waals surface area contributed by atoms with Crippen molar-refractivity contribution in [3.8, 4) is 0 Å². The number of nitrogens with two attached hydrogens (primary N) is 1. The number of nitrogens with one attached hydrogen (secondary N) is 1. The second-order valence-electron chi connectivity index (χ2n) is 5.20. The first kappa shape index (κ1) is 14.0. The summed E-state index contributed by atoms with van der Waals surface area (Å²) in [5.74, 6) is 0.893. The van der Waals surface area contributed by atoms with Crippen molar-refractivity contribution in [2.75, 3.05) is 5.32 Å². The maximum absolute atomic E-state index is 5.92. The topological polar surface area (TPSA) is 77.0 Å². The number of nitrogens with zero attached hydrogens (tertiary/aromatic N) is 2. The Balaban J connectivity index is 1.91. The fraction of sp³-hybridized carbons (Fsp3) is 0.333. The molecular formula is C15H18N4OS. The molecule has 0 radical (unpaired) electrons. The number of aryl methyl sites for hydroxylation is 1. The average Bonchev–Trinajstić information content (AvgIpc) is 3.06. The van der Waals surface area contributed by atoms with Crippen molar-refractivity contribution >= 4 is 27.2 Å². The van der Waals surface area contributed by atoms with Crippen LogP contribution in [0.5, 0.6) is 0 Å². The molecule has 0 aliphatic rings. The van der Waals surface area contributed by atoms with E-state index in [2.05, 4.69) is 22.4 Å². The molecule has 6 heteroatoms. The van der Waals surface area contributed by atoms with Crippen LogP contribution in [0.3, 0.4) is 0 Å². The monoisotopic (exact) mass is 302 g/mol. The first-order valence-electron chi connectivity index (χ1n) is 6.90. The van der Waals surface area contributed by atoms with Crippen molar-refractivity contribution in [2.24, 2.45) is 5.73 Å². The Morgan fingerprint density at radius 3 is 3.05 bits per heavy atom. The maximum Gasteiger partial charge on any atom is 0.122 e. The summed E-state index contributed by atoms with van der Waals surface area (Å²) >= 11 is 1.74. The average molecular weight is 302 g/mol. The Morgan fingerprint density at radius 1 is 1.48 bits per heavy atom. The lowest BCUT2D eigenvalue weighted by atomic mass is 10.1. The van der Waals surface area contributed by atoms with Crippen LogP contribution in [0.4, 0.5) is 5.69 Å². The molecule has 0 spiro atoms. The fourth-order valence-electron chi connectivity index (χ4n) is 2.26. The van der Waals surface area contributed by atoms with Gasteiger partial charge in [0.25, 0.3) is 0 Å². The van der Waals surface area contributed by atoms with Crippen LogP contribution in [-0.4, -0.2) is 16.2 Å². The molecule has 0 aromatic carbocycles. The molecule has 0 bridgehead atoms. The smallest absolute Gasteiger partial charge is 0.122 e. The van der Waals surface area contributed by atoms with E-state index >= 15 is 0 Å². The predicted octanol–water partition coefficient (Wildman–Crippen LogP) is 3.09.